The van der Waals surface area contributed by atoms with Gasteiger partial charge in [-0.15, -0.1) is 0 Å². The van der Waals surface area contributed by atoms with Crippen LogP contribution in [0.1, 0.15) is 38.0 Å². The predicted octanol–water partition coefficient (Wildman–Crippen LogP) is 3.34. The second-order valence-electron chi connectivity index (χ2n) is 7.51. The minimum atomic E-state index is -2.19. The first-order chi connectivity index (χ1) is 17.8. The molecule has 0 aliphatic heterocycles. The van der Waals surface area contributed by atoms with Crippen LogP contribution in [-0.2, 0) is 23.8 Å². The lowest BCUT2D eigenvalue weighted by Gasteiger charge is -2.23. The number of esters is 3. The Morgan fingerprint density at radius 1 is 0.703 bits per heavy atom. The number of benzene rings is 3. The normalized spacial score (nSPS) is 11.9. The Balaban J connectivity index is 1.90. The third-order valence-electron chi connectivity index (χ3n) is 4.91. The number of aliphatic carboxylic acids is 1. The van der Waals surface area contributed by atoms with E-state index in [2.05, 4.69) is 5.32 Å². The van der Waals surface area contributed by atoms with Gasteiger partial charge in [0.05, 0.1) is 23.3 Å². The summed E-state index contributed by atoms with van der Waals surface area (Å²) in [6, 6.07) is 20.8. The van der Waals surface area contributed by atoms with Gasteiger partial charge < -0.3 is 24.6 Å². The number of ether oxygens (including phenoxy) is 3. The van der Waals surface area contributed by atoms with E-state index >= 15 is 0 Å². The third-order valence-corrected chi connectivity index (χ3v) is 4.91. The zero-order chi connectivity index (χ0) is 26.8. The standard InChI is InChI=1S/C27H23NO9/c1-2-35-25(32)19-14-9-15-20(16-19)28-23(29)21(36-26(33)17-10-5-3-6-11-17)22(24(30)31)37-27(34)18-12-7-4-8-13-18/h3-16,21-22H,2H2,1H3,(H,28,29)(H,30,31)/t21-,22+/m1/s1. The van der Waals surface area contributed by atoms with Crippen molar-refractivity contribution in [1.82, 2.24) is 0 Å². The summed E-state index contributed by atoms with van der Waals surface area (Å²) in [6.45, 7) is 1.78. The molecule has 3 aromatic carbocycles. The third kappa shape index (κ3) is 7.25. The highest BCUT2D eigenvalue weighted by Crippen LogP contribution is 2.17. The van der Waals surface area contributed by atoms with Crippen molar-refractivity contribution in [2.24, 2.45) is 0 Å². The molecule has 0 spiro atoms. The number of amides is 1. The SMILES string of the molecule is CCOC(=O)c1cccc(NC(=O)[C@H](OC(=O)c2ccccc2)[C@H](OC(=O)c2ccccc2)C(=O)O)c1. The molecule has 3 aromatic rings. The molecule has 0 aliphatic rings. The van der Waals surface area contributed by atoms with Crippen LogP contribution >= 0.6 is 0 Å². The van der Waals surface area contributed by atoms with Gasteiger partial charge >= 0.3 is 23.9 Å². The summed E-state index contributed by atoms with van der Waals surface area (Å²) in [5, 5.41) is 12.2. The summed E-state index contributed by atoms with van der Waals surface area (Å²) in [5.41, 5.74) is 0.296. The smallest absolute Gasteiger partial charge is 0.349 e. The monoisotopic (exact) mass is 505 g/mol. The molecule has 0 bridgehead atoms. The molecular formula is C27H23NO9. The molecule has 1 amide bonds. The summed E-state index contributed by atoms with van der Waals surface area (Å²) in [4.78, 5) is 62.6. The highest BCUT2D eigenvalue weighted by atomic mass is 16.6. The Kier molecular flexibility index (Phi) is 9.09. The number of carbonyl (C=O) groups excluding carboxylic acids is 4. The van der Waals surface area contributed by atoms with Crippen LogP contribution < -0.4 is 5.32 Å². The van der Waals surface area contributed by atoms with Crippen LogP contribution in [0.4, 0.5) is 5.69 Å². The van der Waals surface area contributed by atoms with Crippen molar-refractivity contribution in [2.45, 2.75) is 19.1 Å². The molecule has 10 heteroatoms. The first-order valence-corrected chi connectivity index (χ1v) is 11.1. The average molecular weight is 505 g/mol. The van der Waals surface area contributed by atoms with Gasteiger partial charge in [-0.2, -0.15) is 0 Å². The first-order valence-electron chi connectivity index (χ1n) is 11.1. The number of carboxylic acid groups (broad SMARTS) is 1. The number of hydrogen-bond donors (Lipinski definition) is 2. The lowest BCUT2D eigenvalue weighted by atomic mass is 10.1. The molecule has 0 radical (unpaired) electrons. The first kappa shape index (κ1) is 26.6. The number of rotatable bonds is 10. The maximum Gasteiger partial charge on any atom is 0.349 e. The summed E-state index contributed by atoms with van der Waals surface area (Å²) < 4.78 is 15.3. The second-order valence-corrected chi connectivity index (χ2v) is 7.51. The molecule has 3 rings (SSSR count). The topological polar surface area (TPSA) is 145 Å². The van der Waals surface area contributed by atoms with Gasteiger partial charge in [0, 0.05) is 5.69 Å². The van der Waals surface area contributed by atoms with E-state index in [1.54, 1.807) is 43.3 Å². The predicted molar refractivity (Wildman–Crippen MR) is 130 cm³/mol. The van der Waals surface area contributed by atoms with Crippen molar-refractivity contribution in [1.29, 1.82) is 0 Å². The number of anilines is 1. The molecule has 10 nitrogen and oxygen atoms in total. The Labute approximate surface area is 211 Å². The van der Waals surface area contributed by atoms with Gasteiger partial charge in [-0.1, -0.05) is 42.5 Å². The van der Waals surface area contributed by atoms with Crippen LogP contribution in [0, 0.1) is 0 Å². The van der Waals surface area contributed by atoms with Crippen molar-refractivity contribution in [3.8, 4) is 0 Å². The van der Waals surface area contributed by atoms with E-state index in [4.69, 9.17) is 14.2 Å². The molecule has 2 N–H and O–H groups in total. The van der Waals surface area contributed by atoms with E-state index in [0.717, 1.165) is 0 Å². The zero-order valence-electron chi connectivity index (χ0n) is 19.7. The molecule has 0 aromatic heterocycles. The van der Waals surface area contributed by atoms with E-state index in [1.165, 1.54) is 48.5 Å². The van der Waals surface area contributed by atoms with Crippen LogP contribution in [0.25, 0.3) is 0 Å². The molecule has 0 saturated heterocycles. The van der Waals surface area contributed by atoms with Crippen molar-refractivity contribution < 1.29 is 43.3 Å². The fourth-order valence-electron chi connectivity index (χ4n) is 3.16. The number of hydrogen-bond acceptors (Lipinski definition) is 8. The fourth-order valence-corrected chi connectivity index (χ4v) is 3.16. The Bertz CT molecular complexity index is 1280. The van der Waals surface area contributed by atoms with Gasteiger partial charge in [0.1, 0.15) is 0 Å². The number of carbonyl (C=O) groups is 5. The van der Waals surface area contributed by atoms with Crippen LogP contribution in [0.3, 0.4) is 0 Å². The summed E-state index contributed by atoms with van der Waals surface area (Å²) in [7, 11) is 0. The maximum absolute atomic E-state index is 13.2. The second kappa shape index (κ2) is 12.6. The number of nitrogens with one attached hydrogen (secondary N) is 1. The number of carboxylic acids is 1. The van der Waals surface area contributed by atoms with Crippen molar-refractivity contribution >= 4 is 35.5 Å². The molecular weight excluding hydrogens is 482 g/mol. The quantitative estimate of drug-likeness (QED) is 0.313. The van der Waals surface area contributed by atoms with Gasteiger partial charge in [-0.3, -0.25) is 4.79 Å². The van der Waals surface area contributed by atoms with Crippen LogP contribution in [-0.4, -0.2) is 53.7 Å². The Hall–Kier alpha value is -4.99. The Morgan fingerprint density at radius 2 is 1.22 bits per heavy atom. The highest BCUT2D eigenvalue weighted by molar-refractivity contribution is 6.02. The van der Waals surface area contributed by atoms with Gasteiger partial charge in [-0.05, 0) is 49.4 Å². The molecule has 2 atom stereocenters. The fraction of sp³-hybridized carbons (Fsp3) is 0.148. The van der Waals surface area contributed by atoms with Crippen LogP contribution in [0.2, 0.25) is 0 Å². The van der Waals surface area contributed by atoms with E-state index in [0.29, 0.717) is 0 Å². The molecule has 0 fully saturated rings. The lowest BCUT2D eigenvalue weighted by molar-refractivity contribution is -0.157. The van der Waals surface area contributed by atoms with Gasteiger partial charge in [0.15, 0.2) is 0 Å². The van der Waals surface area contributed by atoms with Crippen molar-refractivity contribution in [3.05, 3.63) is 102 Å². The lowest BCUT2D eigenvalue weighted by Crippen LogP contribution is -2.48. The van der Waals surface area contributed by atoms with Gasteiger partial charge in [0.2, 0.25) is 12.2 Å². The van der Waals surface area contributed by atoms with Crippen LogP contribution in [0.15, 0.2) is 84.9 Å². The van der Waals surface area contributed by atoms with E-state index in [-0.39, 0.29) is 29.0 Å². The largest absolute Gasteiger partial charge is 0.478 e. The van der Waals surface area contributed by atoms with Crippen molar-refractivity contribution in [2.75, 3.05) is 11.9 Å². The average Bonchev–Trinajstić information content (AvgIpc) is 2.91. The maximum atomic E-state index is 13.2. The summed E-state index contributed by atoms with van der Waals surface area (Å²) in [5.74, 6) is -5.50. The molecule has 0 heterocycles. The van der Waals surface area contributed by atoms with Crippen molar-refractivity contribution in [3.63, 3.8) is 0 Å². The van der Waals surface area contributed by atoms with Gasteiger partial charge in [-0.25, -0.2) is 19.2 Å². The molecule has 0 unspecified atom stereocenters. The molecule has 0 saturated carbocycles. The van der Waals surface area contributed by atoms with Gasteiger partial charge in [0.25, 0.3) is 5.91 Å². The van der Waals surface area contributed by atoms with E-state index < -0.39 is 42.0 Å². The van der Waals surface area contributed by atoms with E-state index in [1.807, 2.05) is 0 Å². The molecule has 190 valence electrons. The summed E-state index contributed by atoms with van der Waals surface area (Å²) in [6.07, 6.45) is -4.27. The van der Waals surface area contributed by atoms with Crippen LogP contribution in [0.5, 0.6) is 0 Å². The summed E-state index contributed by atoms with van der Waals surface area (Å²) >= 11 is 0. The molecule has 37 heavy (non-hydrogen) atoms. The molecule has 0 aliphatic carbocycles. The minimum Gasteiger partial charge on any atom is -0.478 e. The minimum absolute atomic E-state index is 0.0319. The zero-order valence-corrected chi connectivity index (χ0v) is 19.7. The van der Waals surface area contributed by atoms with E-state index in [9.17, 15) is 29.1 Å². The Morgan fingerprint density at radius 3 is 1.73 bits per heavy atom. The highest BCUT2D eigenvalue weighted by Gasteiger charge is 2.41.